The predicted octanol–water partition coefficient (Wildman–Crippen LogP) is 1.95. The van der Waals surface area contributed by atoms with Crippen molar-refractivity contribution in [2.24, 2.45) is 0 Å². The van der Waals surface area contributed by atoms with Gasteiger partial charge in [0.1, 0.15) is 0 Å². The standard InChI is InChI=1S/C9H14BrNO/c1-7-3-5-11(6-4-7)9(12)8(2)10/h3,8H,4-6H2,1-2H3. The van der Waals surface area contributed by atoms with Crippen molar-refractivity contribution in [3.05, 3.63) is 11.6 Å². The van der Waals surface area contributed by atoms with Gasteiger partial charge < -0.3 is 4.90 Å². The van der Waals surface area contributed by atoms with Gasteiger partial charge in [0.2, 0.25) is 5.91 Å². The molecule has 2 nitrogen and oxygen atoms in total. The number of halogens is 1. The lowest BCUT2D eigenvalue weighted by Crippen LogP contribution is -2.38. The number of nitrogens with zero attached hydrogens (tertiary/aromatic N) is 1. The highest BCUT2D eigenvalue weighted by molar-refractivity contribution is 9.10. The monoisotopic (exact) mass is 231 g/mol. The van der Waals surface area contributed by atoms with Gasteiger partial charge in [0.15, 0.2) is 0 Å². The van der Waals surface area contributed by atoms with Gasteiger partial charge in [0, 0.05) is 13.1 Å². The molecule has 0 saturated heterocycles. The zero-order valence-corrected chi connectivity index (χ0v) is 9.10. The molecule has 12 heavy (non-hydrogen) atoms. The largest absolute Gasteiger partial charge is 0.338 e. The number of carbonyl (C=O) groups is 1. The molecule has 0 N–H and O–H groups in total. The van der Waals surface area contributed by atoms with E-state index in [1.54, 1.807) is 0 Å². The summed E-state index contributed by atoms with van der Waals surface area (Å²) in [6, 6.07) is 0. The Morgan fingerprint density at radius 1 is 1.75 bits per heavy atom. The van der Waals surface area contributed by atoms with Crippen molar-refractivity contribution in [1.82, 2.24) is 4.90 Å². The second kappa shape index (κ2) is 4.08. The second-order valence-corrected chi connectivity index (χ2v) is 4.57. The van der Waals surface area contributed by atoms with Crippen LogP contribution in [0.3, 0.4) is 0 Å². The van der Waals surface area contributed by atoms with Gasteiger partial charge >= 0.3 is 0 Å². The quantitative estimate of drug-likeness (QED) is 0.499. The first-order chi connectivity index (χ1) is 5.61. The van der Waals surface area contributed by atoms with E-state index >= 15 is 0 Å². The molecule has 1 rings (SSSR count). The van der Waals surface area contributed by atoms with Crippen molar-refractivity contribution in [2.45, 2.75) is 25.1 Å². The molecule has 1 atom stereocenters. The Kier molecular flexibility index (Phi) is 3.32. The highest BCUT2D eigenvalue weighted by Gasteiger charge is 2.18. The minimum absolute atomic E-state index is 0.0516. The van der Waals surface area contributed by atoms with E-state index in [0.29, 0.717) is 0 Å². The number of hydrogen-bond acceptors (Lipinski definition) is 1. The van der Waals surface area contributed by atoms with Gasteiger partial charge in [-0.2, -0.15) is 0 Å². The number of amides is 1. The Morgan fingerprint density at radius 2 is 2.42 bits per heavy atom. The van der Waals surface area contributed by atoms with Gasteiger partial charge in [-0.15, -0.1) is 0 Å². The van der Waals surface area contributed by atoms with Crippen LogP contribution in [0.5, 0.6) is 0 Å². The molecule has 0 aliphatic carbocycles. The molecule has 0 saturated carbocycles. The minimum atomic E-state index is -0.0516. The first kappa shape index (κ1) is 9.78. The lowest BCUT2D eigenvalue weighted by molar-refractivity contribution is -0.129. The molecule has 3 heteroatoms. The highest BCUT2D eigenvalue weighted by atomic mass is 79.9. The molecule has 1 heterocycles. The van der Waals surface area contributed by atoms with Crippen LogP contribution in [-0.4, -0.2) is 28.7 Å². The summed E-state index contributed by atoms with van der Waals surface area (Å²) < 4.78 is 0. The van der Waals surface area contributed by atoms with Gasteiger partial charge in [0.25, 0.3) is 0 Å². The van der Waals surface area contributed by atoms with Crippen LogP contribution in [0.4, 0.5) is 0 Å². The van der Waals surface area contributed by atoms with Crippen LogP contribution < -0.4 is 0 Å². The van der Waals surface area contributed by atoms with Crippen molar-refractivity contribution in [3.8, 4) is 0 Å². The number of alkyl halides is 1. The topological polar surface area (TPSA) is 20.3 Å². The molecule has 0 bridgehead atoms. The van der Waals surface area contributed by atoms with Crippen LogP contribution in [0, 0.1) is 0 Å². The Labute approximate surface area is 81.8 Å². The van der Waals surface area contributed by atoms with Gasteiger partial charge in [-0.1, -0.05) is 27.6 Å². The molecule has 1 amide bonds. The molecule has 1 aliphatic heterocycles. The van der Waals surface area contributed by atoms with Crippen molar-refractivity contribution < 1.29 is 4.79 Å². The van der Waals surface area contributed by atoms with Crippen LogP contribution in [0.1, 0.15) is 20.3 Å². The van der Waals surface area contributed by atoms with Crippen LogP contribution >= 0.6 is 15.9 Å². The molecule has 1 aliphatic rings. The molecule has 0 aromatic heterocycles. The maximum absolute atomic E-state index is 11.5. The maximum atomic E-state index is 11.5. The number of hydrogen-bond donors (Lipinski definition) is 0. The van der Waals surface area contributed by atoms with E-state index in [-0.39, 0.29) is 10.7 Å². The summed E-state index contributed by atoms with van der Waals surface area (Å²) in [5, 5.41) is 0. The van der Waals surface area contributed by atoms with E-state index < -0.39 is 0 Å². The first-order valence-electron chi connectivity index (χ1n) is 4.19. The molecule has 1 unspecified atom stereocenters. The molecular weight excluding hydrogens is 218 g/mol. The Balaban J connectivity index is 2.51. The van der Waals surface area contributed by atoms with Gasteiger partial charge in [0.05, 0.1) is 4.83 Å². The van der Waals surface area contributed by atoms with Gasteiger partial charge in [-0.3, -0.25) is 4.79 Å². The predicted molar refractivity (Wildman–Crippen MR) is 53.3 cm³/mol. The molecule has 68 valence electrons. The minimum Gasteiger partial charge on any atom is -0.338 e. The average Bonchev–Trinajstić information content (AvgIpc) is 2.04. The zero-order valence-electron chi connectivity index (χ0n) is 7.51. The van der Waals surface area contributed by atoms with Gasteiger partial charge in [-0.05, 0) is 20.3 Å². The maximum Gasteiger partial charge on any atom is 0.236 e. The third kappa shape index (κ3) is 2.34. The summed E-state index contributed by atoms with van der Waals surface area (Å²) in [5.41, 5.74) is 1.39. The van der Waals surface area contributed by atoms with E-state index in [0.717, 1.165) is 19.5 Å². The molecule has 0 radical (unpaired) electrons. The summed E-state index contributed by atoms with van der Waals surface area (Å²) in [6.45, 7) is 5.63. The van der Waals surface area contributed by atoms with Crippen LogP contribution in [0.15, 0.2) is 11.6 Å². The summed E-state index contributed by atoms with van der Waals surface area (Å²) in [6.07, 6.45) is 3.14. The molecule has 0 fully saturated rings. The average molecular weight is 232 g/mol. The number of carbonyl (C=O) groups excluding carboxylic acids is 1. The molecule has 0 aromatic carbocycles. The summed E-state index contributed by atoms with van der Waals surface area (Å²) in [4.78, 5) is 13.3. The zero-order chi connectivity index (χ0) is 9.14. The van der Waals surface area contributed by atoms with Crippen molar-refractivity contribution in [1.29, 1.82) is 0 Å². The fourth-order valence-electron chi connectivity index (χ4n) is 1.22. The fourth-order valence-corrected chi connectivity index (χ4v) is 1.51. The lowest BCUT2D eigenvalue weighted by atomic mass is 10.1. The SMILES string of the molecule is CC1=CCN(C(=O)C(C)Br)CC1. The van der Waals surface area contributed by atoms with Crippen molar-refractivity contribution >= 4 is 21.8 Å². The van der Waals surface area contributed by atoms with Crippen molar-refractivity contribution in [3.63, 3.8) is 0 Å². The van der Waals surface area contributed by atoms with Crippen LogP contribution in [0.25, 0.3) is 0 Å². The third-order valence-electron chi connectivity index (χ3n) is 2.09. The Morgan fingerprint density at radius 3 is 2.83 bits per heavy atom. The number of rotatable bonds is 1. The fraction of sp³-hybridized carbons (Fsp3) is 0.667. The van der Waals surface area contributed by atoms with Crippen LogP contribution in [0.2, 0.25) is 0 Å². The molecule has 0 aromatic rings. The summed E-state index contributed by atoms with van der Waals surface area (Å²) in [5.74, 6) is 0.193. The molecule has 0 spiro atoms. The normalized spacial score (nSPS) is 20.2. The van der Waals surface area contributed by atoms with E-state index in [2.05, 4.69) is 28.9 Å². The lowest BCUT2D eigenvalue weighted by Gasteiger charge is -2.26. The summed E-state index contributed by atoms with van der Waals surface area (Å²) >= 11 is 3.28. The van der Waals surface area contributed by atoms with E-state index in [1.807, 2.05) is 11.8 Å². The Bertz CT molecular complexity index is 211. The first-order valence-corrected chi connectivity index (χ1v) is 5.11. The highest BCUT2D eigenvalue weighted by Crippen LogP contribution is 2.12. The van der Waals surface area contributed by atoms with Gasteiger partial charge in [-0.25, -0.2) is 0 Å². The van der Waals surface area contributed by atoms with Crippen LogP contribution in [-0.2, 0) is 4.79 Å². The Hall–Kier alpha value is -0.310. The van der Waals surface area contributed by atoms with Crippen molar-refractivity contribution in [2.75, 3.05) is 13.1 Å². The molecular formula is C9H14BrNO. The summed E-state index contributed by atoms with van der Waals surface area (Å²) in [7, 11) is 0. The van der Waals surface area contributed by atoms with E-state index in [9.17, 15) is 4.79 Å². The third-order valence-corrected chi connectivity index (χ3v) is 2.48. The second-order valence-electron chi connectivity index (χ2n) is 3.20. The van der Waals surface area contributed by atoms with E-state index in [4.69, 9.17) is 0 Å². The smallest absolute Gasteiger partial charge is 0.236 e. The van der Waals surface area contributed by atoms with E-state index in [1.165, 1.54) is 5.57 Å².